The number of aromatic nitrogens is 1. The van der Waals surface area contributed by atoms with Gasteiger partial charge >= 0.3 is 5.97 Å². The molecule has 1 aromatic carbocycles. The van der Waals surface area contributed by atoms with Crippen LogP contribution in [0.25, 0.3) is 10.9 Å². The van der Waals surface area contributed by atoms with Crippen LogP contribution in [-0.2, 0) is 24.0 Å². The Bertz CT molecular complexity index is 1450. The molecule has 4 atom stereocenters. The van der Waals surface area contributed by atoms with E-state index in [0.717, 1.165) is 37.5 Å². The summed E-state index contributed by atoms with van der Waals surface area (Å²) in [6, 6.07) is 6.50. The predicted octanol–water partition coefficient (Wildman–Crippen LogP) is 2.54. The molecule has 242 valence electrons. The Balaban J connectivity index is 1.38. The van der Waals surface area contributed by atoms with E-state index in [1.54, 1.807) is 26.1 Å². The topological polar surface area (TPSA) is 167 Å². The lowest BCUT2D eigenvalue weighted by molar-refractivity contribution is -0.146. The quantitative estimate of drug-likeness (QED) is 0.297. The third-order valence-corrected chi connectivity index (χ3v) is 9.25. The average Bonchev–Trinajstić information content (AvgIpc) is 3.68. The van der Waals surface area contributed by atoms with Gasteiger partial charge in [-0.1, -0.05) is 51.3 Å². The molecule has 1 aromatic heterocycles. The molecule has 12 heteroatoms. The van der Waals surface area contributed by atoms with Gasteiger partial charge in [0, 0.05) is 24.9 Å². The fourth-order valence-electron chi connectivity index (χ4n) is 6.58. The van der Waals surface area contributed by atoms with Crippen molar-refractivity contribution in [2.45, 2.75) is 102 Å². The number of likely N-dealkylation sites (tertiary alicyclic amines) is 1. The zero-order chi connectivity index (χ0) is 32.3. The molecular weight excluding hydrogens is 578 g/mol. The molecule has 3 aliphatic rings. The number of para-hydroxylation sites is 1. The third-order valence-electron chi connectivity index (χ3n) is 9.25. The van der Waals surface area contributed by atoms with E-state index < -0.39 is 53.5 Å². The SMILES string of the molecule is CC(=O)N[C@H](C(=O)N[C@H](C(=O)N1C[C@H](Oc2cccc3cccnc23)CC1C(=O)NC1(C(=O)O)CC1)C(C)C)C1CCCCC1. The Kier molecular flexibility index (Phi) is 9.59. The Labute approximate surface area is 262 Å². The first-order chi connectivity index (χ1) is 21.5. The minimum atomic E-state index is -1.33. The summed E-state index contributed by atoms with van der Waals surface area (Å²) in [5.74, 6) is -2.76. The zero-order valence-electron chi connectivity index (χ0n) is 26.1. The number of carbonyl (C=O) groups is 5. The second kappa shape index (κ2) is 13.4. The molecule has 12 nitrogen and oxygen atoms in total. The Morgan fingerprint density at radius 2 is 1.73 bits per heavy atom. The summed E-state index contributed by atoms with van der Waals surface area (Å²) in [6.45, 7) is 5.04. The van der Waals surface area contributed by atoms with Gasteiger partial charge in [0.1, 0.15) is 41.0 Å². The number of rotatable bonds is 11. The summed E-state index contributed by atoms with van der Waals surface area (Å²) in [7, 11) is 0. The highest BCUT2D eigenvalue weighted by molar-refractivity contribution is 5.97. The van der Waals surface area contributed by atoms with Crippen LogP contribution in [-0.4, -0.2) is 80.9 Å². The number of carbonyl (C=O) groups excluding carboxylic acids is 4. The summed E-state index contributed by atoms with van der Waals surface area (Å²) in [4.78, 5) is 71.3. The first kappa shape index (κ1) is 32.2. The number of nitrogens with one attached hydrogen (secondary N) is 3. The molecule has 1 saturated heterocycles. The minimum absolute atomic E-state index is 0.0336. The van der Waals surface area contributed by atoms with E-state index in [-0.39, 0.29) is 30.7 Å². The van der Waals surface area contributed by atoms with Gasteiger partial charge in [-0.15, -0.1) is 0 Å². The molecular formula is C33H43N5O7. The van der Waals surface area contributed by atoms with Crippen LogP contribution in [0.1, 0.15) is 72.1 Å². The molecule has 5 rings (SSSR count). The van der Waals surface area contributed by atoms with Gasteiger partial charge in [-0.3, -0.25) is 24.2 Å². The van der Waals surface area contributed by atoms with Gasteiger partial charge in [-0.05, 0) is 49.7 Å². The number of hydrogen-bond donors (Lipinski definition) is 4. The van der Waals surface area contributed by atoms with Crippen molar-refractivity contribution in [3.63, 3.8) is 0 Å². The summed E-state index contributed by atoms with van der Waals surface area (Å²) >= 11 is 0. The van der Waals surface area contributed by atoms with Crippen LogP contribution < -0.4 is 20.7 Å². The number of aliphatic carboxylic acids is 1. The second-order valence-corrected chi connectivity index (χ2v) is 13.0. The standard InChI is InChI=1S/C33H43N5O7/c1-19(2)26(36-30(41)28(35-20(3)39)22-9-5-4-6-10-22)31(42)38-18-23(17-24(38)29(40)37-33(14-15-33)32(43)44)45-25-13-7-11-21-12-8-16-34-27(21)25/h7-8,11-13,16,19,22-24,26,28H,4-6,9-10,14-15,17-18H2,1-3H3,(H,35,39)(H,36,41)(H,37,40)(H,43,44)/t23-,24?,26+,28+/m1/s1. The summed E-state index contributed by atoms with van der Waals surface area (Å²) in [5, 5.41) is 18.9. The first-order valence-corrected chi connectivity index (χ1v) is 15.9. The average molecular weight is 622 g/mol. The van der Waals surface area contributed by atoms with Crippen LogP contribution in [0.2, 0.25) is 0 Å². The maximum atomic E-state index is 14.2. The van der Waals surface area contributed by atoms with Crippen molar-refractivity contribution in [2.75, 3.05) is 6.54 Å². The lowest BCUT2D eigenvalue weighted by Crippen LogP contribution is -2.60. The number of nitrogens with zero attached hydrogens (tertiary/aromatic N) is 2. The van der Waals surface area contributed by atoms with E-state index in [2.05, 4.69) is 20.9 Å². The molecule has 3 fully saturated rings. The minimum Gasteiger partial charge on any atom is -0.486 e. The van der Waals surface area contributed by atoms with Crippen LogP contribution in [0.5, 0.6) is 5.75 Å². The van der Waals surface area contributed by atoms with E-state index in [9.17, 15) is 29.1 Å². The molecule has 1 aliphatic heterocycles. The number of pyridine rings is 1. The molecule has 2 aliphatic carbocycles. The summed E-state index contributed by atoms with van der Waals surface area (Å²) < 4.78 is 6.34. The molecule has 0 spiro atoms. The van der Waals surface area contributed by atoms with Gasteiger partial charge in [0.25, 0.3) is 0 Å². The number of carboxylic acid groups (broad SMARTS) is 1. The first-order valence-electron chi connectivity index (χ1n) is 15.9. The molecule has 4 N–H and O–H groups in total. The van der Waals surface area contributed by atoms with Crippen molar-refractivity contribution >= 4 is 40.5 Å². The number of ether oxygens (including phenoxy) is 1. The number of hydrogen-bond acceptors (Lipinski definition) is 7. The third kappa shape index (κ3) is 7.20. The van der Waals surface area contributed by atoms with Crippen molar-refractivity contribution < 1.29 is 33.8 Å². The molecule has 4 amide bonds. The second-order valence-electron chi connectivity index (χ2n) is 13.0. The van der Waals surface area contributed by atoms with Gasteiger partial charge in [-0.25, -0.2) is 4.79 Å². The van der Waals surface area contributed by atoms with Crippen molar-refractivity contribution in [3.8, 4) is 5.75 Å². The number of amides is 4. The van der Waals surface area contributed by atoms with E-state index in [0.29, 0.717) is 24.1 Å². The lowest BCUT2D eigenvalue weighted by Gasteiger charge is -2.34. The van der Waals surface area contributed by atoms with Crippen molar-refractivity contribution in [1.29, 1.82) is 0 Å². The van der Waals surface area contributed by atoms with E-state index in [1.165, 1.54) is 11.8 Å². The lowest BCUT2D eigenvalue weighted by atomic mass is 9.83. The number of fused-ring (bicyclic) bond motifs is 1. The fourth-order valence-corrected chi connectivity index (χ4v) is 6.58. The highest BCUT2D eigenvalue weighted by atomic mass is 16.5. The van der Waals surface area contributed by atoms with Crippen molar-refractivity contribution in [2.24, 2.45) is 11.8 Å². The molecule has 0 radical (unpaired) electrons. The molecule has 1 unspecified atom stereocenters. The smallest absolute Gasteiger partial charge is 0.329 e. The highest BCUT2D eigenvalue weighted by Gasteiger charge is 2.54. The predicted molar refractivity (Wildman–Crippen MR) is 165 cm³/mol. The Hall–Kier alpha value is -4.22. The number of benzene rings is 1. The van der Waals surface area contributed by atoms with Gasteiger partial charge in [-0.2, -0.15) is 0 Å². The molecule has 45 heavy (non-hydrogen) atoms. The van der Waals surface area contributed by atoms with Gasteiger partial charge in [0.2, 0.25) is 23.6 Å². The van der Waals surface area contributed by atoms with E-state index in [4.69, 9.17) is 4.74 Å². The van der Waals surface area contributed by atoms with Crippen LogP contribution >= 0.6 is 0 Å². The summed E-state index contributed by atoms with van der Waals surface area (Å²) in [6.07, 6.45) is 6.46. The van der Waals surface area contributed by atoms with E-state index in [1.807, 2.05) is 24.3 Å². The van der Waals surface area contributed by atoms with E-state index >= 15 is 0 Å². The van der Waals surface area contributed by atoms with Crippen LogP contribution in [0.4, 0.5) is 0 Å². The monoisotopic (exact) mass is 621 g/mol. The Morgan fingerprint density at radius 3 is 2.38 bits per heavy atom. The van der Waals surface area contributed by atoms with Gasteiger partial charge in [0.15, 0.2) is 0 Å². The summed E-state index contributed by atoms with van der Waals surface area (Å²) in [5.41, 5.74) is -0.686. The fraction of sp³-hybridized carbons (Fsp3) is 0.576. The van der Waals surface area contributed by atoms with Crippen molar-refractivity contribution in [3.05, 3.63) is 36.5 Å². The van der Waals surface area contributed by atoms with Crippen LogP contribution in [0, 0.1) is 11.8 Å². The Morgan fingerprint density at radius 1 is 1.02 bits per heavy atom. The largest absolute Gasteiger partial charge is 0.486 e. The normalized spacial score (nSPS) is 22.4. The molecule has 2 aromatic rings. The number of carboxylic acids is 1. The van der Waals surface area contributed by atoms with Crippen molar-refractivity contribution in [1.82, 2.24) is 25.8 Å². The molecule has 0 bridgehead atoms. The molecule has 2 saturated carbocycles. The molecule has 2 heterocycles. The maximum Gasteiger partial charge on any atom is 0.329 e. The van der Waals surface area contributed by atoms with Gasteiger partial charge < -0.3 is 30.7 Å². The van der Waals surface area contributed by atoms with Gasteiger partial charge in [0.05, 0.1) is 6.54 Å². The van der Waals surface area contributed by atoms with Crippen LogP contribution in [0.15, 0.2) is 36.5 Å². The zero-order valence-corrected chi connectivity index (χ0v) is 26.1. The van der Waals surface area contributed by atoms with Crippen LogP contribution in [0.3, 0.4) is 0 Å². The maximum absolute atomic E-state index is 14.2. The highest BCUT2D eigenvalue weighted by Crippen LogP contribution is 2.37.